The number of nitrogens with one attached hydrogen (secondary N) is 1. The molecule has 1 atom stereocenters. The number of benzene rings is 1. The zero-order chi connectivity index (χ0) is 15.4. The van der Waals surface area contributed by atoms with Crippen LogP contribution in [0.1, 0.15) is 18.0 Å². The fourth-order valence-corrected chi connectivity index (χ4v) is 2.72. The molecule has 1 aliphatic heterocycles. The first-order valence-corrected chi connectivity index (χ1v) is 7.34. The van der Waals surface area contributed by atoms with Crippen LogP contribution in [0.15, 0.2) is 36.7 Å². The molecule has 6 nitrogen and oxygen atoms in total. The van der Waals surface area contributed by atoms with Gasteiger partial charge in [-0.2, -0.15) is 0 Å². The Kier molecular flexibility index (Phi) is 6.06. The van der Waals surface area contributed by atoms with E-state index in [9.17, 15) is 9.18 Å². The number of aryl methyl sites for hydroxylation is 1. The fraction of sp³-hybridized carbons (Fsp3) is 0.400. The highest BCUT2D eigenvalue weighted by Gasteiger charge is 2.27. The summed E-state index contributed by atoms with van der Waals surface area (Å²) < 4.78 is 15.1. The average molecular weight is 340 g/mol. The molecule has 0 saturated carbocycles. The number of hydrogen-bond donors (Lipinski definition) is 1. The van der Waals surface area contributed by atoms with E-state index in [0.29, 0.717) is 26.1 Å². The van der Waals surface area contributed by atoms with Crippen molar-refractivity contribution in [2.75, 3.05) is 19.6 Å². The van der Waals surface area contributed by atoms with E-state index in [-0.39, 0.29) is 30.2 Å². The number of rotatable bonds is 4. The van der Waals surface area contributed by atoms with Gasteiger partial charge in [-0.1, -0.05) is 17.3 Å². The molecule has 0 bridgehead atoms. The second-order valence-corrected chi connectivity index (χ2v) is 5.28. The fourth-order valence-electron chi connectivity index (χ4n) is 2.72. The van der Waals surface area contributed by atoms with Crippen molar-refractivity contribution in [1.29, 1.82) is 0 Å². The number of carbonyl (C=O) groups excluding carboxylic acids is 1. The predicted octanol–water partition coefficient (Wildman–Crippen LogP) is 1.40. The molecule has 1 aliphatic rings. The highest BCUT2D eigenvalue weighted by molar-refractivity contribution is 5.85. The lowest BCUT2D eigenvalue weighted by molar-refractivity contribution is -0.134. The summed E-state index contributed by atoms with van der Waals surface area (Å²) in [4.78, 5) is 14.3. The zero-order valence-electron chi connectivity index (χ0n) is 12.6. The van der Waals surface area contributed by atoms with Crippen LogP contribution in [0, 0.1) is 5.82 Å². The lowest BCUT2D eigenvalue weighted by atomic mass is 10.0. The molecule has 1 unspecified atom stereocenters. The summed E-state index contributed by atoms with van der Waals surface area (Å²) in [6, 6.07) is 6.31. The number of hydrogen-bond acceptors (Lipinski definition) is 4. The molecule has 0 spiro atoms. The van der Waals surface area contributed by atoms with Crippen molar-refractivity contribution in [2.24, 2.45) is 0 Å². The maximum absolute atomic E-state index is 13.4. The average Bonchev–Trinajstić information content (AvgIpc) is 3.06. The van der Waals surface area contributed by atoms with Crippen LogP contribution in [-0.2, 0) is 11.3 Å². The summed E-state index contributed by atoms with van der Waals surface area (Å²) in [7, 11) is 0. The molecular formula is C15H19ClFN5O. The first kappa shape index (κ1) is 17.4. The Morgan fingerprint density at radius 1 is 1.43 bits per heavy atom. The van der Waals surface area contributed by atoms with E-state index in [4.69, 9.17) is 0 Å². The van der Waals surface area contributed by atoms with Crippen molar-refractivity contribution in [3.63, 3.8) is 0 Å². The minimum atomic E-state index is -0.280. The Hall–Kier alpha value is -1.99. The van der Waals surface area contributed by atoms with Crippen LogP contribution in [0.5, 0.6) is 0 Å². The number of aromatic nitrogens is 3. The quantitative estimate of drug-likeness (QED) is 0.914. The SMILES string of the molecule is Cl.O=C(CCn1ccnn1)N1CCNCC1c1cccc(F)c1. The van der Waals surface area contributed by atoms with E-state index in [1.807, 2.05) is 11.0 Å². The van der Waals surface area contributed by atoms with Gasteiger partial charge in [-0.3, -0.25) is 9.48 Å². The van der Waals surface area contributed by atoms with Crippen molar-refractivity contribution in [1.82, 2.24) is 25.2 Å². The van der Waals surface area contributed by atoms with E-state index >= 15 is 0 Å². The van der Waals surface area contributed by atoms with Gasteiger partial charge in [-0.15, -0.1) is 17.5 Å². The van der Waals surface area contributed by atoms with E-state index in [1.54, 1.807) is 23.1 Å². The molecule has 0 aliphatic carbocycles. The van der Waals surface area contributed by atoms with Gasteiger partial charge in [-0.25, -0.2) is 4.39 Å². The van der Waals surface area contributed by atoms with Crippen molar-refractivity contribution < 1.29 is 9.18 Å². The minimum absolute atomic E-state index is 0. The first-order valence-electron chi connectivity index (χ1n) is 7.34. The molecule has 8 heteroatoms. The molecule has 1 saturated heterocycles. The minimum Gasteiger partial charge on any atom is -0.333 e. The zero-order valence-corrected chi connectivity index (χ0v) is 13.4. The van der Waals surface area contributed by atoms with E-state index < -0.39 is 0 Å². The molecule has 1 aromatic carbocycles. The van der Waals surface area contributed by atoms with Gasteiger partial charge in [0, 0.05) is 32.3 Å². The lowest BCUT2D eigenvalue weighted by Crippen LogP contribution is -2.48. The van der Waals surface area contributed by atoms with E-state index in [0.717, 1.165) is 12.1 Å². The van der Waals surface area contributed by atoms with E-state index in [1.165, 1.54) is 12.1 Å². The third-order valence-corrected chi connectivity index (χ3v) is 3.82. The van der Waals surface area contributed by atoms with Crippen LogP contribution in [-0.4, -0.2) is 45.4 Å². The van der Waals surface area contributed by atoms with Crippen molar-refractivity contribution in [3.05, 3.63) is 48.0 Å². The standard InChI is InChI=1S/C15H18FN5O.ClH/c16-13-3-1-2-12(10-13)14-11-17-5-9-21(14)15(22)4-7-20-8-6-18-19-20;/h1-3,6,8,10,14,17H,4-5,7,9,11H2;1H. The maximum atomic E-state index is 13.4. The first-order chi connectivity index (χ1) is 10.7. The number of amides is 1. The third-order valence-electron chi connectivity index (χ3n) is 3.82. The van der Waals surface area contributed by atoms with Gasteiger partial charge in [0.2, 0.25) is 5.91 Å². The molecule has 1 amide bonds. The Morgan fingerprint density at radius 3 is 3.04 bits per heavy atom. The van der Waals surface area contributed by atoms with Gasteiger partial charge >= 0.3 is 0 Å². The lowest BCUT2D eigenvalue weighted by Gasteiger charge is -2.36. The summed E-state index contributed by atoms with van der Waals surface area (Å²) in [5.41, 5.74) is 0.821. The van der Waals surface area contributed by atoms with Gasteiger partial charge in [0.1, 0.15) is 5.82 Å². The second-order valence-electron chi connectivity index (χ2n) is 5.28. The summed E-state index contributed by atoms with van der Waals surface area (Å²) in [5.74, 6) is -0.232. The van der Waals surface area contributed by atoms with Crippen molar-refractivity contribution in [3.8, 4) is 0 Å². The third kappa shape index (κ3) is 4.27. The van der Waals surface area contributed by atoms with Gasteiger partial charge in [0.05, 0.1) is 18.8 Å². The van der Waals surface area contributed by atoms with Crippen molar-refractivity contribution >= 4 is 18.3 Å². The molecule has 2 heterocycles. The molecule has 3 rings (SSSR count). The molecule has 23 heavy (non-hydrogen) atoms. The summed E-state index contributed by atoms with van der Waals surface area (Å²) >= 11 is 0. The van der Waals surface area contributed by atoms with E-state index in [2.05, 4.69) is 15.6 Å². The predicted molar refractivity (Wildman–Crippen MR) is 85.6 cm³/mol. The van der Waals surface area contributed by atoms with Gasteiger partial charge < -0.3 is 10.2 Å². The van der Waals surface area contributed by atoms with Crippen LogP contribution in [0.4, 0.5) is 4.39 Å². The Labute approximate surface area is 140 Å². The van der Waals surface area contributed by atoms with Crippen LogP contribution < -0.4 is 5.32 Å². The molecular weight excluding hydrogens is 321 g/mol. The number of nitrogens with zero attached hydrogens (tertiary/aromatic N) is 4. The van der Waals surface area contributed by atoms with Gasteiger partial charge in [-0.05, 0) is 17.7 Å². The summed E-state index contributed by atoms with van der Waals surface area (Å²) in [6.07, 6.45) is 3.68. The highest BCUT2D eigenvalue weighted by Crippen LogP contribution is 2.23. The molecule has 2 aromatic rings. The van der Waals surface area contributed by atoms with Crippen LogP contribution in [0.25, 0.3) is 0 Å². The molecule has 1 aromatic heterocycles. The van der Waals surface area contributed by atoms with Crippen molar-refractivity contribution in [2.45, 2.75) is 19.0 Å². The second kappa shape index (κ2) is 8.03. The molecule has 124 valence electrons. The molecule has 0 radical (unpaired) electrons. The number of halogens is 2. The van der Waals surface area contributed by atoms with Crippen LogP contribution in [0.3, 0.4) is 0 Å². The number of carbonyl (C=O) groups is 1. The summed E-state index contributed by atoms with van der Waals surface area (Å²) in [6.45, 7) is 2.51. The molecule has 1 fully saturated rings. The Bertz CT molecular complexity index is 637. The number of piperazine rings is 1. The monoisotopic (exact) mass is 339 g/mol. The van der Waals surface area contributed by atoms with Crippen LogP contribution in [0.2, 0.25) is 0 Å². The largest absolute Gasteiger partial charge is 0.333 e. The van der Waals surface area contributed by atoms with Gasteiger partial charge in [0.15, 0.2) is 0 Å². The maximum Gasteiger partial charge on any atom is 0.225 e. The highest BCUT2D eigenvalue weighted by atomic mass is 35.5. The van der Waals surface area contributed by atoms with Crippen LogP contribution >= 0.6 is 12.4 Å². The smallest absolute Gasteiger partial charge is 0.225 e. The van der Waals surface area contributed by atoms with Gasteiger partial charge in [0.25, 0.3) is 0 Å². The Morgan fingerprint density at radius 2 is 2.30 bits per heavy atom. The summed E-state index contributed by atoms with van der Waals surface area (Å²) in [5, 5.41) is 10.8. The topological polar surface area (TPSA) is 63.1 Å². The Balaban J connectivity index is 0.00000192. The molecule has 1 N–H and O–H groups in total. The normalized spacial score (nSPS) is 17.6.